The number of carboxylic acid groups (broad SMARTS) is 2. The molecule has 0 aliphatic carbocycles. The first-order valence-electron chi connectivity index (χ1n) is 6.32. The second-order valence-electron chi connectivity index (χ2n) is 4.82. The number of carboxylic acids is 2. The van der Waals surface area contributed by atoms with E-state index in [0.29, 0.717) is 25.0 Å². The van der Waals surface area contributed by atoms with Crippen molar-refractivity contribution in [2.45, 2.75) is 38.1 Å². The van der Waals surface area contributed by atoms with Gasteiger partial charge < -0.3 is 15.3 Å². The first-order valence-corrected chi connectivity index (χ1v) is 6.32. The fourth-order valence-electron chi connectivity index (χ4n) is 2.54. The Balaban J connectivity index is 2.52. The summed E-state index contributed by atoms with van der Waals surface area (Å²) in [6, 6.07) is 0.253. The molecule has 1 aliphatic heterocycles. The highest BCUT2D eigenvalue weighted by molar-refractivity contribution is 5.72. The topological polar surface area (TPSA) is 117 Å². The van der Waals surface area contributed by atoms with Crippen LogP contribution in [0.2, 0.25) is 0 Å². The number of aromatic nitrogens is 1. The zero-order chi connectivity index (χ0) is 14.9. The number of carbonyl (C=O) groups is 2. The van der Waals surface area contributed by atoms with Crippen LogP contribution in [-0.2, 0) is 22.4 Å². The number of fused-ring (bicyclic) bond motifs is 1. The molecule has 0 spiro atoms. The Morgan fingerprint density at radius 3 is 2.65 bits per heavy atom. The van der Waals surface area contributed by atoms with E-state index in [2.05, 4.69) is 0 Å². The molecule has 3 N–H and O–H groups in total. The van der Waals surface area contributed by atoms with Gasteiger partial charge in [0.1, 0.15) is 11.8 Å². The first-order chi connectivity index (χ1) is 9.41. The van der Waals surface area contributed by atoms with Gasteiger partial charge in [-0.2, -0.15) is 0 Å². The molecule has 0 radical (unpaired) electrons. The first kappa shape index (κ1) is 14.1. The van der Waals surface area contributed by atoms with Gasteiger partial charge in [-0.15, -0.1) is 0 Å². The summed E-state index contributed by atoms with van der Waals surface area (Å²) in [5.74, 6) is -2.32. The van der Waals surface area contributed by atoms with Crippen molar-refractivity contribution in [3.63, 3.8) is 0 Å². The minimum atomic E-state index is -1.12. The lowest BCUT2D eigenvalue weighted by molar-refractivity contribution is -0.141. The summed E-state index contributed by atoms with van der Waals surface area (Å²) in [6.45, 7) is 0. The average molecular weight is 281 g/mol. The number of aromatic hydroxyl groups is 1. The highest BCUT2D eigenvalue weighted by Crippen LogP contribution is 2.29. The quantitative estimate of drug-likeness (QED) is 0.741. The van der Waals surface area contributed by atoms with Crippen molar-refractivity contribution in [1.82, 2.24) is 4.57 Å². The minimum absolute atomic E-state index is 0.0334. The van der Waals surface area contributed by atoms with Crippen LogP contribution >= 0.6 is 0 Å². The van der Waals surface area contributed by atoms with Gasteiger partial charge in [0.25, 0.3) is 5.56 Å². The van der Waals surface area contributed by atoms with Crippen molar-refractivity contribution >= 4 is 11.9 Å². The molecular formula is C13H15NO6. The Morgan fingerprint density at radius 1 is 1.35 bits per heavy atom. The third-order valence-corrected chi connectivity index (χ3v) is 3.49. The minimum Gasteiger partial charge on any atom is -0.506 e. The summed E-state index contributed by atoms with van der Waals surface area (Å²) in [5, 5.41) is 27.7. The molecule has 0 saturated carbocycles. The molecule has 1 aliphatic rings. The summed E-state index contributed by atoms with van der Waals surface area (Å²) < 4.78 is 1.10. The number of rotatable bonds is 4. The lowest BCUT2D eigenvalue weighted by Crippen LogP contribution is -2.36. The second-order valence-corrected chi connectivity index (χ2v) is 4.82. The summed E-state index contributed by atoms with van der Waals surface area (Å²) in [6.07, 6.45) is 1.06. The molecule has 2 heterocycles. The van der Waals surface area contributed by atoms with Crippen molar-refractivity contribution in [3.8, 4) is 5.75 Å². The van der Waals surface area contributed by atoms with E-state index in [-0.39, 0.29) is 24.2 Å². The van der Waals surface area contributed by atoms with E-state index in [1.807, 2.05) is 0 Å². The fourth-order valence-corrected chi connectivity index (χ4v) is 2.54. The normalized spacial score (nSPS) is 17.5. The third-order valence-electron chi connectivity index (χ3n) is 3.49. The number of aliphatic carboxylic acids is 2. The van der Waals surface area contributed by atoms with Gasteiger partial charge in [0.05, 0.1) is 5.69 Å². The summed E-state index contributed by atoms with van der Waals surface area (Å²) in [5.41, 5.74) is -0.0827. The van der Waals surface area contributed by atoms with Crippen molar-refractivity contribution in [2.24, 2.45) is 0 Å². The summed E-state index contributed by atoms with van der Waals surface area (Å²) in [7, 11) is 0. The smallest absolute Gasteiger partial charge is 0.326 e. The molecule has 0 aromatic carbocycles. The Bertz CT molecular complexity index is 618. The molecule has 0 saturated heterocycles. The molecule has 0 fully saturated rings. The fraction of sp³-hybridized carbons (Fsp3) is 0.462. The highest BCUT2D eigenvalue weighted by Gasteiger charge is 2.29. The predicted octanol–water partition coefficient (Wildman–Crippen LogP) is 0.533. The maximum Gasteiger partial charge on any atom is 0.326 e. The number of pyridine rings is 1. The highest BCUT2D eigenvalue weighted by atomic mass is 16.4. The van der Waals surface area contributed by atoms with Gasteiger partial charge in [-0.25, -0.2) is 4.79 Å². The standard InChI is InChI=1S/C13H15NO6/c15-10-6-7(4-5-11(16)17)12(18)14-8(10)2-1-3-9(14)13(19)20/h6,9,15H,1-5H2,(H,16,17)(H,19,20)/t9-/m1/s1. The van der Waals surface area contributed by atoms with E-state index in [0.717, 1.165) is 4.57 Å². The zero-order valence-corrected chi connectivity index (χ0v) is 10.7. The lowest BCUT2D eigenvalue weighted by Gasteiger charge is -2.26. The number of aryl methyl sites for hydroxylation is 1. The molecule has 20 heavy (non-hydrogen) atoms. The van der Waals surface area contributed by atoms with Crippen LogP contribution in [0.3, 0.4) is 0 Å². The van der Waals surface area contributed by atoms with Crippen molar-refractivity contribution < 1.29 is 24.9 Å². The third kappa shape index (κ3) is 2.52. The van der Waals surface area contributed by atoms with E-state index < -0.39 is 23.5 Å². The molecule has 7 nitrogen and oxygen atoms in total. The van der Waals surface area contributed by atoms with Gasteiger partial charge in [0.15, 0.2) is 0 Å². The van der Waals surface area contributed by atoms with Crippen LogP contribution in [0.4, 0.5) is 0 Å². The van der Waals surface area contributed by atoms with E-state index >= 15 is 0 Å². The van der Waals surface area contributed by atoms with Crippen LogP contribution in [0.25, 0.3) is 0 Å². The number of nitrogens with zero attached hydrogens (tertiary/aromatic N) is 1. The number of hydrogen-bond acceptors (Lipinski definition) is 4. The van der Waals surface area contributed by atoms with Crippen molar-refractivity contribution in [2.75, 3.05) is 0 Å². The van der Waals surface area contributed by atoms with Crippen LogP contribution in [0.5, 0.6) is 5.75 Å². The maximum absolute atomic E-state index is 12.3. The molecular weight excluding hydrogens is 266 g/mol. The molecule has 1 atom stereocenters. The Hall–Kier alpha value is -2.31. The van der Waals surface area contributed by atoms with Gasteiger partial charge in [-0.05, 0) is 31.7 Å². The SMILES string of the molecule is O=C(O)CCc1cc(O)c2n(c1=O)[C@@H](C(=O)O)CCC2. The summed E-state index contributed by atoms with van der Waals surface area (Å²) in [4.78, 5) is 34.1. The molecule has 7 heteroatoms. The van der Waals surface area contributed by atoms with E-state index in [1.165, 1.54) is 6.07 Å². The van der Waals surface area contributed by atoms with Crippen LogP contribution in [0.1, 0.15) is 36.6 Å². The van der Waals surface area contributed by atoms with E-state index in [4.69, 9.17) is 5.11 Å². The van der Waals surface area contributed by atoms with Gasteiger partial charge in [0.2, 0.25) is 0 Å². The zero-order valence-electron chi connectivity index (χ0n) is 10.7. The van der Waals surface area contributed by atoms with Crippen LogP contribution in [0.15, 0.2) is 10.9 Å². The maximum atomic E-state index is 12.3. The van der Waals surface area contributed by atoms with E-state index in [9.17, 15) is 24.6 Å². The van der Waals surface area contributed by atoms with Gasteiger partial charge in [-0.1, -0.05) is 0 Å². The Labute approximate surface area is 114 Å². The molecule has 1 aromatic rings. The van der Waals surface area contributed by atoms with Crippen LogP contribution in [0, 0.1) is 0 Å². The molecule has 0 amide bonds. The second kappa shape index (κ2) is 5.36. The van der Waals surface area contributed by atoms with Crippen molar-refractivity contribution in [1.29, 1.82) is 0 Å². The molecule has 0 unspecified atom stereocenters. The molecule has 1 aromatic heterocycles. The summed E-state index contributed by atoms with van der Waals surface area (Å²) >= 11 is 0. The molecule has 108 valence electrons. The van der Waals surface area contributed by atoms with Gasteiger partial charge in [0, 0.05) is 12.0 Å². The van der Waals surface area contributed by atoms with Gasteiger partial charge in [-0.3, -0.25) is 14.2 Å². The molecule has 2 rings (SSSR count). The number of hydrogen-bond donors (Lipinski definition) is 3. The average Bonchev–Trinajstić information content (AvgIpc) is 2.40. The predicted molar refractivity (Wildman–Crippen MR) is 67.9 cm³/mol. The largest absolute Gasteiger partial charge is 0.506 e. The Morgan fingerprint density at radius 2 is 2.05 bits per heavy atom. The van der Waals surface area contributed by atoms with Crippen molar-refractivity contribution in [3.05, 3.63) is 27.7 Å². The van der Waals surface area contributed by atoms with Crippen LogP contribution < -0.4 is 5.56 Å². The van der Waals surface area contributed by atoms with Crippen LogP contribution in [-0.4, -0.2) is 31.8 Å². The van der Waals surface area contributed by atoms with Gasteiger partial charge >= 0.3 is 11.9 Å². The van der Waals surface area contributed by atoms with E-state index in [1.54, 1.807) is 0 Å². The lowest BCUT2D eigenvalue weighted by atomic mass is 9.98. The molecule has 0 bridgehead atoms. The Kier molecular flexibility index (Phi) is 3.78. The monoisotopic (exact) mass is 281 g/mol.